The van der Waals surface area contributed by atoms with Crippen molar-refractivity contribution in [2.24, 2.45) is 0 Å². The standard InChI is InChI=1S/C29H22N2O/c1-29(32,24-15-9-4-10-16-24)27-25-19-21(20-30)17-18-31(25)28(23-13-7-3-8-14-23)26(27)22-11-5-2-6-12-22/h2-19,32H,1H3. The maximum Gasteiger partial charge on any atom is 0.114 e. The first-order valence-corrected chi connectivity index (χ1v) is 10.6. The lowest BCUT2D eigenvalue weighted by molar-refractivity contribution is 0.104. The van der Waals surface area contributed by atoms with Crippen molar-refractivity contribution < 1.29 is 5.11 Å². The molecule has 0 spiro atoms. The summed E-state index contributed by atoms with van der Waals surface area (Å²) in [6, 6.07) is 35.9. The van der Waals surface area contributed by atoms with E-state index in [1.165, 1.54) is 0 Å². The molecule has 3 heteroatoms. The summed E-state index contributed by atoms with van der Waals surface area (Å²) in [5.74, 6) is 0. The van der Waals surface area contributed by atoms with E-state index < -0.39 is 5.60 Å². The second-order valence-electron chi connectivity index (χ2n) is 8.05. The van der Waals surface area contributed by atoms with Gasteiger partial charge in [0.2, 0.25) is 0 Å². The number of benzene rings is 3. The molecule has 154 valence electrons. The highest BCUT2D eigenvalue weighted by molar-refractivity contribution is 5.92. The highest BCUT2D eigenvalue weighted by Gasteiger charge is 2.35. The molecule has 3 aromatic carbocycles. The van der Waals surface area contributed by atoms with E-state index in [4.69, 9.17) is 0 Å². The maximum atomic E-state index is 12.0. The SMILES string of the molecule is CC(O)(c1ccccc1)c1c(-c2ccccc2)c(-c2ccccc2)n2ccc(C#N)cc12. The number of hydrogen-bond acceptors (Lipinski definition) is 2. The van der Waals surface area contributed by atoms with Gasteiger partial charge in [-0.25, -0.2) is 0 Å². The molecule has 0 radical (unpaired) electrons. The summed E-state index contributed by atoms with van der Waals surface area (Å²) >= 11 is 0. The van der Waals surface area contributed by atoms with E-state index in [2.05, 4.69) is 34.7 Å². The Hall–Kier alpha value is -4.13. The van der Waals surface area contributed by atoms with E-state index >= 15 is 0 Å². The first-order valence-electron chi connectivity index (χ1n) is 10.6. The third kappa shape index (κ3) is 3.19. The van der Waals surface area contributed by atoms with Gasteiger partial charge in [0.15, 0.2) is 0 Å². The van der Waals surface area contributed by atoms with Crippen molar-refractivity contribution in [2.75, 3.05) is 0 Å². The smallest absolute Gasteiger partial charge is 0.114 e. The summed E-state index contributed by atoms with van der Waals surface area (Å²) in [6.45, 7) is 1.83. The van der Waals surface area contributed by atoms with E-state index in [0.717, 1.165) is 39.0 Å². The molecule has 0 fully saturated rings. The van der Waals surface area contributed by atoms with Crippen LogP contribution in [0, 0.1) is 11.3 Å². The van der Waals surface area contributed by atoms with Crippen molar-refractivity contribution in [3.8, 4) is 28.5 Å². The fourth-order valence-corrected chi connectivity index (χ4v) is 4.49. The molecule has 1 unspecified atom stereocenters. The predicted molar refractivity (Wildman–Crippen MR) is 128 cm³/mol. The molecule has 0 aliphatic carbocycles. The van der Waals surface area contributed by atoms with Crippen LogP contribution >= 0.6 is 0 Å². The quantitative estimate of drug-likeness (QED) is 0.370. The largest absolute Gasteiger partial charge is 0.381 e. The second kappa shape index (κ2) is 7.85. The molecule has 1 N–H and O–H groups in total. The van der Waals surface area contributed by atoms with Crippen molar-refractivity contribution in [3.63, 3.8) is 0 Å². The third-order valence-electron chi connectivity index (χ3n) is 6.00. The van der Waals surface area contributed by atoms with Crippen LogP contribution in [-0.4, -0.2) is 9.51 Å². The van der Waals surface area contributed by atoms with E-state index in [1.54, 1.807) is 0 Å². The molecule has 0 bridgehead atoms. The first kappa shape index (κ1) is 19.8. The molecule has 2 heterocycles. The molecule has 5 rings (SSSR count). The average molecular weight is 415 g/mol. The van der Waals surface area contributed by atoms with Crippen LogP contribution < -0.4 is 0 Å². The monoisotopic (exact) mass is 414 g/mol. The Balaban J connectivity index is 1.98. The van der Waals surface area contributed by atoms with Crippen LogP contribution in [0.2, 0.25) is 0 Å². The van der Waals surface area contributed by atoms with Crippen molar-refractivity contribution >= 4 is 5.52 Å². The molecule has 32 heavy (non-hydrogen) atoms. The number of hydrogen-bond donors (Lipinski definition) is 1. The van der Waals surface area contributed by atoms with Crippen LogP contribution in [0.4, 0.5) is 0 Å². The van der Waals surface area contributed by atoms with Crippen molar-refractivity contribution in [2.45, 2.75) is 12.5 Å². The van der Waals surface area contributed by atoms with Crippen LogP contribution in [0.15, 0.2) is 109 Å². The topological polar surface area (TPSA) is 48.4 Å². The zero-order valence-electron chi connectivity index (χ0n) is 17.7. The molecule has 0 aliphatic rings. The minimum atomic E-state index is -1.28. The lowest BCUT2D eigenvalue weighted by Crippen LogP contribution is -2.23. The lowest BCUT2D eigenvalue weighted by atomic mass is 9.83. The van der Waals surface area contributed by atoms with Gasteiger partial charge in [0.1, 0.15) is 5.60 Å². The van der Waals surface area contributed by atoms with Gasteiger partial charge in [-0.15, -0.1) is 0 Å². The first-order chi connectivity index (χ1) is 15.6. The fraction of sp³-hybridized carbons (Fsp3) is 0.0690. The lowest BCUT2D eigenvalue weighted by Gasteiger charge is -2.26. The predicted octanol–water partition coefficient (Wildman–Crippen LogP) is 6.40. The molecule has 1 atom stereocenters. The number of nitriles is 1. The van der Waals surface area contributed by atoms with Gasteiger partial charge in [-0.2, -0.15) is 5.26 Å². The van der Waals surface area contributed by atoms with Crippen LogP contribution in [0.1, 0.15) is 23.6 Å². The summed E-state index contributed by atoms with van der Waals surface area (Å²) in [5, 5.41) is 21.6. The second-order valence-corrected chi connectivity index (χ2v) is 8.05. The van der Waals surface area contributed by atoms with Gasteiger partial charge in [0.05, 0.1) is 22.8 Å². The van der Waals surface area contributed by atoms with Gasteiger partial charge in [-0.1, -0.05) is 91.0 Å². The molecular formula is C29H22N2O. The Morgan fingerprint density at radius 1 is 0.781 bits per heavy atom. The third-order valence-corrected chi connectivity index (χ3v) is 6.00. The number of pyridine rings is 1. The summed E-state index contributed by atoms with van der Waals surface area (Å²) < 4.78 is 2.09. The molecule has 3 nitrogen and oxygen atoms in total. The highest BCUT2D eigenvalue weighted by atomic mass is 16.3. The van der Waals surface area contributed by atoms with Crippen molar-refractivity contribution in [1.82, 2.24) is 4.40 Å². The Kier molecular flexibility index (Phi) is 4.86. The molecule has 0 saturated heterocycles. The zero-order chi connectivity index (χ0) is 22.1. The van der Waals surface area contributed by atoms with Crippen LogP contribution in [-0.2, 0) is 5.60 Å². The van der Waals surface area contributed by atoms with E-state index in [-0.39, 0.29) is 0 Å². The molecule has 5 aromatic rings. The fourth-order valence-electron chi connectivity index (χ4n) is 4.49. The molecule has 0 aliphatic heterocycles. The Morgan fingerprint density at radius 3 is 1.94 bits per heavy atom. The van der Waals surface area contributed by atoms with Crippen LogP contribution in [0.25, 0.3) is 27.9 Å². The minimum Gasteiger partial charge on any atom is -0.381 e. The van der Waals surface area contributed by atoms with Gasteiger partial charge < -0.3 is 9.51 Å². The Bertz CT molecular complexity index is 1430. The molecule has 0 amide bonds. The van der Waals surface area contributed by atoms with Crippen molar-refractivity contribution in [1.29, 1.82) is 5.26 Å². The van der Waals surface area contributed by atoms with Crippen molar-refractivity contribution in [3.05, 3.63) is 126 Å². The average Bonchev–Trinajstić information content (AvgIpc) is 3.20. The Morgan fingerprint density at radius 2 is 1.34 bits per heavy atom. The van der Waals surface area contributed by atoms with Crippen LogP contribution in [0.3, 0.4) is 0 Å². The zero-order valence-corrected chi connectivity index (χ0v) is 17.7. The number of fused-ring (bicyclic) bond motifs is 1. The number of aromatic nitrogens is 1. The van der Waals surface area contributed by atoms with Gasteiger partial charge in [0, 0.05) is 17.3 Å². The Labute approximate surface area is 187 Å². The normalized spacial score (nSPS) is 12.9. The molecular weight excluding hydrogens is 392 g/mol. The number of aliphatic hydroxyl groups is 1. The summed E-state index contributed by atoms with van der Waals surface area (Å²) in [6.07, 6.45) is 1.92. The van der Waals surface area contributed by atoms with Gasteiger partial charge in [-0.05, 0) is 35.7 Å². The van der Waals surface area contributed by atoms with Gasteiger partial charge >= 0.3 is 0 Å². The van der Waals surface area contributed by atoms with E-state index in [0.29, 0.717) is 5.56 Å². The van der Waals surface area contributed by atoms with Gasteiger partial charge in [-0.3, -0.25) is 0 Å². The molecule has 2 aromatic heterocycles. The number of rotatable bonds is 4. The van der Waals surface area contributed by atoms with E-state index in [1.807, 2.05) is 92.0 Å². The molecule has 0 saturated carbocycles. The van der Waals surface area contributed by atoms with Gasteiger partial charge in [0.25, 0.3) is 0 Å². The summed E-state index contributed by atoms with van der Waals surface area (Å²) in [7, 11) is 0. The van der Waals surface area contributed by atoms with E-state index in [9.17, 15) is 10.4 Å². The number of nitrogens with zero attached hydrogens (tertiary/aromatic N) is 2. The summed E-state index contributed by atoms with van der Waals surface area (Å²) in [5.41, 5.74) is 5.68. The maximum absolute atomic E-state index is 12.0. The summed E-state index contributed by atoms with van der Waals surface area (Å²) in [4.78, 5) is 0. The highest BCUT2D eigenvalue weighted by Crippen LogP contribution is 2.46. The van der Waals surface area contributed by atoms with Crippen LogP contribution in [0.5, 0.6) is 0 Å². The minimum absolute atomic E-state index is 0.555.